The van der Waals surface area contributed by atoms with Crippen LogP contribution in [0, 0.1) is 16.7 Å². The highest BCUT2D eigenvalue weighted by molar-refractivity contribution is 5.10. The molecule has 1 saturated carbocycles. The van der Waals surface area contributed by atoms with Crippen molar-refractivity contribution >= 4 is 0 Å². The Balaban J connectivity index is 1.74. The van der Waals surface area contributed by atoms with E-state index in [0.29, 0.717) is 12.1 Å². The van der Waals surface area contributed by atoms with Crippen LogP contribution < -0.4 is 5.32 Å². The fourth-order valence-corrected chi connectivity index (χ4v) is 3.84. The van der Waals surface area contributed by atoms with Crippen molar-refractivity contribution in [3.8, 4) is 0 Å². The van der Waals surface area contributed by atoms with Crippen LogP contribution in [0.4, 0.5) is 0 Å². The molecule has 1 aliphatic carbocycles. The molecule has 3 heteroatoms. The lowest BCUT2D eigenvalue weighted by Gasteiger charge is -2.60. The first kappa shape index (κ1) is 15.3. The highest BCUT2D eigenvalue weighted by Gasteiger charge is 2.57. The van der Waals surface area contributed by atoms with E-state index < -0.39 is 0 Å². The summed E-state index contributed by atoms with van der Waals surface area (Å²) in [5, 5.41) is 13.0. The fraction of sp³-hybridized carbons (Fsp3) is 1.00. The maximum Gasteiger partial charge on any atom is 0.0684 e. The third kappa shape index (κ3) is 3.14. The summed E-state index contributed by atoms with van der Waals surface area (Å²) in [7, 11) is 0. The van der Waals surface area contributed by atoms with Crippen molar-refractivity contribution in [2.45, 2.75) is 65.5 Å². The molecular weight excluding hydrogens is 238 g/mol. The van der Waals surface area contributed by atoms with E-state index in [0.717, 1.165) is 31.9 Å². The Hall–Kier alpha value is -0.120. The maximum atomic E-state index is 9.26. The van der Waals surface area contributed by atoms with Crippen molar-refractivity contribution in [3.05, 3.63) is 0 Å². The number of hydrogen-bond donors (Lipinski definition) is 2. The predicted octanol–water partition coefficient (Wildman–Crippen LogP) is 2.58. The van der Waals surface area contributed by atoms with E-state index in [9.17, 15) is 5.11 Å². The highest BCUT2D eigenvalue weighted by Crippen LogP contribution is 2.51. The Morgan fingerprint density at radius 2 is 2.11 bits per heavy atom. The molecule has 0 amide bonds. The number of aliphatic hydroxyl groups is 1. The quantitative estimate of drug-likeness (QED) is 0.728. The molecule has 0 spiro atoms. The van der Waals surface area contributed by atoms with Gasteiger partial charge in [-0.05, 0) is 37.6 Å². The number of aliphatic hydroxyl groups excluding tert-OH is 1. The van der Waals surface area contributed by atoms with Crippen LogP contribution >= 0.6 is 0 Å². The van der Waals surface area contributed by atoms with E-state index in [-0.39, 0.29) is 17.4 Å². The van der Waals surface area contributed by atoms with E-state index in [1.54, 1.807) is 0 Å². The zero-order valence-electron chi connectivity index (χ0n) is 13.0. The van der Waals surface area contributed by atoms with Gasteiger partial charge in [0.2, 0.25) is 0 Å². The van der Waals surface area contributed by atoms with Gasteiger partial charge in [-0.2, -0.15) is 0 Å². The van der Waals surface area contributed by atoms with E-state index in [1.807, 2.05) is 0 Å². The molecular formula is C16H31NO2. The van der Waals surface area contributed by atoms with Crippen LogP contribution in [0.15, 0.2) is 0 Å². The summed E-state index contributed by atoms with van der Waals surface area (Å²) < 4.78 is 5.93. The van der Waals surface area contributed by atoms with E-state index >= 15 is 0 Å². The topological polar surface area (TPSA) is 41.5 Å². The van der Waals surface area contributed by atoms with E-state index in [2.05, 4.69) is 33.0 Å². The van der Waals surface area contributed by atoms with Crippen molar-refractivity contribution in [3.63, 3.8) is 0 Å². The molecule has 1 aliphatic heterocycles. The Kier molecular flexibility index (Phi) is 4.59. The molecule has 1 heterocycles. The Bertz CT molecular complexity index is 301. The summed E-state index contributed by atoms with van der Waals surface area (Å²) in [6.45, 7) is 11.2. The zero-order valence-corrected chi connectivity index (χ0v) is 13.0. The van der Waals surface area contributed by atoms with Gasteiger partial charge in [0.05, 0.1) is 6.10 Å². The Labute approximate surface area is 118 Å². The van der Waals surface area contributed by atoms with Crippen LogP contribution in [-0.4, -0.2) is 37.0 Å². The second-order valence-corrected chi connectivity index (χ2v) is 7.78. The molecule has 1 saturated heterocycles. The second kappa shape index (κ2) is 5.71. The molecule has 2 fully saturated rings. The highest BCUT2D eigenvalue weighted by atomic mass is 16.5. The van der Waals surface area contributed by atoms with E-state index in [1.165, 1.54) is 12.8 Å². The number of ether oxygens (including phenoxy) is 1. The van der Waals surface area contributed by atoms with Gasteiger partial charge in [-0.15, -0.1) is 0 Å². The third-order valence-corrected chi connectivity index (χ3v) is 5.15. The molecule has 2 rings (SSSR count). The molecule has 19 heavy (non-hydrogen) atoms. The molecule has 3 unspecified atom stereocenters. The van der Waals surface area contributed by atoms with E-state index in [4.69, 9.17) is 4.74 Å². The van der Waals surface area contributed by atoms with Gasteiger partial charge >= 0.3 is 0 Å². The van der Waals surface area contributed by atoms with Gasteiger partial charge in [-0.25, -0.2) is 0 Å². The van der Waals surface area contributed by atoms with Gasteiger partial charge in [0.15, 0.2) is 0 Å². The molecule has 2 N–H and O–H groups in total. The van der Waals surface area contributed by atoms with Gasteiger partial charge in [0, 0.05) is 30.6 Å². The molecule has 2 aliphatic rings. The molecule has 3 nitrogen and oxygen atoms in total. The number of fused-ring (bicyclic) bond motifs is 1. The maximum absolute atomic E-state index is 9.26. The zero-order chi connectivity index (χ0) is 14.1. The summed E-state index contributed by atoms with van der Waals surface area (Å²) in [6.07, 6.45) is 5.21. The lowest BCUT2D eigenvalue weighted by atomic mass is 9.55. The number of rotatable bonds is 6. The minimum absolute atomic E-state index is 0.0628. The van der Waals surface area contributed by atoms with Crippen molar-refractivity contribution in [1.29, 1.82) is 0 Å². The largest absolute Gasteiger partial charge is 0.396 e. The van der Waals surface area contributed by atoms with Crippen molar-refractivity contribution in [1.82, 2.24) is 5.32 Å². The van der Waals surface area contributed by atoms with Gasteiger partial charge < -0.3 is 15.2 Å². The minimum Gasteiger partial charge on any atom is -0.396 e. The summed E-state index contributed by atoms with van der Waals surface area (Å²) in [5.74, 6) is 0.717. The van der Waals surface area contributed by atoms with Crippen LogP contribution in [0.2, 0.25) is 0 Å². The van der Waals surface area contributed by atoms with Gasteiger partial charge in [-0.1, -0.05) is 27.7 Å². The smallest absolute Gasteiger partial charge is 0.0684 e. The first-order chi connectivity index (χ1) is 8.88. The molecule has 3 atom stereocenters. The average Bonchev–Trinajstić information content (AvgIpc) is 2.38. The summed E-state index contributed by atoms with van der Waals surface area (Å²) >= 11 is 0. The van der Waals surface area contributed by atoms with Crippen LogP contribution in [0.3, 0.4) is 0 Å². The Morgan fingerprint density at radius 3 is 2.79 bits per heavy atom. The molecule has 0 aromatic rings. The molecule has 0 aromatic heterocycles. The first-order valence-corrected chi connectivity index (χ1v) is 7.84. The predicted molar refractivity (Wildman–Crippen MR) is 78.1 cm³/mol. The lowest BCUT2D eigenvalue weighted by molar-refractivity contribution is -0.192. The van der Waals surface area contributed by atoms with Crippen molar-refractivity contribution < 1.29 is 9.84 Å². The average molecular weight is 269 g/mol. The van der Waals surface area contributed by atoms with Crippen molar-refractivity contribution in [2.24, 2.45) is 16.7 Å². The lowest BCUT2D eigenvalue weighted by Crippen LogP contribution is -2.69. The standard InChI is InChI=1S/C16H31NO2/c1-15(2,11-18)8-6-9-17-13-12-7-5-10-19-14(12)16(13,3)4/h12-14,17-18H,5-11H2,1-4H3. The van der Waals surface area contributed by atoms with Crippen LogP contribution in [0.1, 0.15) is 53.4 Å². The van der Waals surface area contributed by atoms with Crippen LogP contribution in [0.25, 0.3) is 0 Å². The van der Waals surface area contributed by atoms with Crippen LogP contribution in [-0.2, 0) is 4.74 Å². The summed E-state index contributed by atoms with van der Waals surface area (Å²) in [4.78, 5) is 0. The molecule has 0 aromatic carbocycles. The first-order valence-electron chi connectivity index (χ1n) is 7.84. The minimum atomic E-state index is 0.0628. The van der Waals surface area contributed by atoms with Gasteiger partial charge in [-0.3, -0.25) is 0 Å². The number of nitrogens with one attached hydrogen (secondary N) is 1. The summed E-state index contributed by atoms with van der Waals surface area (Å²) in [6, 6.07) is 0.607. The molecule has 0 radical (unpaired) electrons. The molecule has 0 bridgehead atoms. The van der Waals surface area contributed by atoms with Gasteiger partial charge in [0.1, 0.15) is 0 Å². The normalized spacial score (nSPS) is 33.6. The van der Waals surface area contributed by atoms with Gasteiger partial charge in [0.25, 0.3) is 0 Å². The summed E-state index contributed by atoms with van der Waals surface area (Å²) in [5.41, 5.74) is 0.338. The monoisotopic (exact) mass is 269 g/mol. The van der Waals surface area contributed by atoms with Crippen molar-refractivity contribution in [2.75, 3.05) is 19.8 Å². The Morgan fingerprint density at radius 1 is 1.37 bits per heavy atom. The number of hydrogen-bond acceptors (Lipinski definition) is 3. The SMILES string of the molecule is CC(C)(CO)CCCNC1C2CCCOC2C1(C)C. The second-order valence-electron chi connectivity index (χ2n) is 7.78. The van der Waals surface area contributed by atoms with Crippen LogP contribution in [0.5, 0.6) is 0 Å². The molecule has 112 valence electrons. The third-order valence-electron chi connectivity index (χ3n) is 5.15. The fourth-order valence-electron chi connectivity index (χ4n) is 3.84.